The lowest BCUT2D eigenvalue weighted by molar-refractivity contribution is -0.104. The van der Waals surface area contributed by atoms with Crippen LogP contribution in [-0.4, -0.2) is 36.0 Å². The minimum atomic E-state index is 0.102. The van der Waals surface area contributed by atoms with E-state index >= 15 is 0 Å². The number of hydrogen-bond donors (Lipinski definition) is 1. The van der Waals surface area contributed by atoms with E-state index in [1.54, 1.807) is 0 Å². The van der Waals surface area contributed by atoms with Gasteiger partial charge in [-0.1, -0.05) is 24.3 Å². The maximum Gasteiger partial charge on any atom is 0.253 e. The molecule has 27 heavy (non-hydrogen) atoms. The maximum atomic E-state index is 12.5. The molecule has 0 atom stereocenters. The summed E-state index contributed by atoms with van der Waals surface area (Å²) in [6.45, 7) is 1.70. The van der Waals surface area contributed by atoms with Crippen molar-refractivity contribution in [2.75, 3.05) is 13.1 Å². The van der Waals surface area contributed by atoms with Crippen molar-refractivity contribution in [1.29, 1.82) is 0 Å². The number of nitrogens with zero attached hydrogens (tertiary/aromatic N) is 2. The summed E-state index contributed by atoms with van der Waals surface area (Å²) in [7, 11) is 0. The van der Waals surface area contributed by atoms with Gasteiger partial charge in [0.1, 0.15) is 12.1 Å². The molecule has 2 aliphatic rings. The summed E-state index contributed by atoms with van der Waals surface area (Å²) in [6.07, 6.45) is 5.18. The number of amidine groups is 1. The number of rotatable bonds is 3. The van der Waals surface area contributed by atoms with Crippen molar-refractivity contribution >= 4 is 29.8 Å². The molecule has 0 unspecified atom stereocenters. The van der Waals surface area contributed by atoms with Gasteiger partial charge in [-0.3, -0.25) is 9.59 Å². The number of carbonyl (C=O) groups excluding carboxylic acids is 2. The number of amides is 1. The van der Waals surface area contributed by atoms with Crippen LogP contribution in [0.1, 0.15) is 35.2 Å². The molecule has 1 fully saturated rings. The number of carbonyl (C=O) groups is 2. The Morgan fingerprint density at radius 1 is 1.04 bits per heavy atom. The lowest BCUT2D eigenvalue weighted by atomic mass is 10.00. The Morgan fingerprint density at radius 3 is 2.44 bits per heavy atom. The van der Waals surface area contributed by atoms with Gasteiger partial charge in [0.15, 0.2) is 0 Å². The number of aldehydes is 1. The van der Waals surface area contributed by atoms with Crippen molar-refractivity contribution in [1.82, 2.24) is 4.90 Å². The third-order valence-corrected chi connectivity index (χ3v) is 5.03. The fourth-order valence-corrected chi connectivity index (χ4v) is 3.58. The van der Waals surface area contributed by atoms with E-state index in [9.17, 15) is 9.59 Å². The molecule has 0 aliphatic carbocycles. The minimum absolute atomic E-state index is 0.102. The molecule has 2 heterocycles. The van der Waals surface area contributed by atoms with E-state index in [2.05, 4.69) is 4.99 Å². The van der Waals surface area contributed by atoms with Crippen LogP contribution in [-0.2, 0) is 4.79 Å². The van der Waals surface area contributed by atoms with Gasteiger partial charge in [0.05, 0.1) is 5.69 Å². The first-order valence-corrected chi connectivity index (χ1v) is 9.16. The lowest BCUT2D eigenvalue weighted by Gasteiger charge is -2.15. The monoisotopic (exact) mass is 359 g/mol. The molecular formula is C22H21N3O2. The minimum Gasteiger partial charge on any atom is -0.387 e. The third kappa shape index (κ3) is 3.53. The highest BCUT2D eigenvalue weighted by Gasteiger charge is 2.19. The van der Waals surface area contributed by atoms with E-state index in [-0.39, 0.29) is 5.91 Å². The van der Waals surface area contributed by atoms with E-state index in [0.29, 0.717) is 17.8 Å². The molecule has 1 amide bonds. The highest BCUT2D eigenvalue weighted by atomic mass is 16.2. The van der Waals surface area contributed by atoms with Crippen LogP contribution in [0.15, 0.2) is 53.0 Å². The van der Waals surface area contributed by atoms with Gasteiger partial charge in [0, 0.05) is 36.2 Å². The van der Waals surface area contributed by atoms with Gasteiger partial charge in [-0.2, -0.15) is 0 Å². The molecule has 0 radical (unpaired) electrons. The molecule has 2 aromatic carbocycles. The van der Waals surface area contributed by atoms with E-state index in [1.807, 2.05) is 53.4 Å². The predicted octanol–water partition coefficient (Wildman–Crippen LogP) is 3.56. The van der Waals surface area contributed by atoms with Gasteiger partial charge in [-0.25, -0.2) is 4.99 Å². The van der Waals surface area contributed by atoms with Crippen LogP contribution in [0.2, 0.25) is 0 Å². The van der Waals surface area contributed by atoms with Crippen molar-refractivity contribution in [3.63, 3.8) is 0 Å². The van der Waals surface area contributed by atoms with Crippen molar-refractivity contribution in [2.45, 2.75) is 19.3 Å². The van der Waals surface area contributed by atoms with Crippen LogP contribution >= 0.6 is 0 Å². The SMILES string of the molecule is NC1=Nc2cc(-c3ccc(C(=O)N4CCCC4)cc3)ccc2C=C(C=O)C1. The molecule has 5 heteroatoms. The van der Waals surface area contributed by atoms with Crippen LogP contribution in [0.5, 0.6) is 0 Å². The van der Waals surface area contributed by atoms with E-state index in [0.717, 1.165) is 60.2 Å². The van der Waals surface area contributed by atoms with Crippen molar-refractivity contribution in [3.05, 3.63) is 59.2 Å². The van der Waals surface area contributed by atoms with Gasteiger partial charge in [-0.15, -0.1) is 0 Å². The Kier molecular flexibility index (Phi) is 4.59. The zero-order chi connectivity index (χ0) is 18.8. The van der Waals surface area contributed by atoms with Crippen molar-refractivity contribution < 1.29 is 9.59 Å². The molecule has 4 rings (SSSR count). The van der Waals surface area contributed by atoms with Crippen LogP contribution < -0.4 is 5.73 Å². The molecule has 2 N–H and O–H groups in total. The third-order valence-electron chi connectivity index (χ3n) is 5.03. The van der Waals surface area contributed by atoms with Crippen molar-refractivity contribution in [3.8, 4) is 11.1 Å². The standard InChI is InChI=1S/C22H21N3O2/c23-21-12-15(14-26)11-19-8-7-18(13-20(19)24-21)16-3-5-17(6-4-16)22(27)25-9-1-2-10-25/h3-8,11,13-14H,1-2,9-10,12H2,(H2,23,24). The number of fused-ring (bicyclic) bond motifs is 1. The van der Waals surface area contributed by atoms with E-state index in [1.165, 1.54) is 0 Å². The summed E-state index contributed by atoms with van der Waals surface area (Å²) in [6, 6.07) is 13.6. The largest absolute Gasteiger partial charge is 0.387 e. The number of likely N-dealkylation sites (tertiary alicyclic amines) is 1. The summed E-state index contributed by atoms with van der Waals surface area (Å²) < 4.78 is 0. The second-order valence-electron chi connectivity index (χ2n) is 6.97. The fourth-order valence-electron chi connectivity index (χ4n) is 3.58. The quantitative estimate of drug-likeness (QED) is 0.851. The second-order valence-corrected chi connectivity index (χ2v) is 6.97. The molecule has 136 valence electrons. The summed E-state index contributed by atoms with van der Waals surface area (Å²) in [5.74, 6) is 0.528. The van der Waals surface area contributed by atoms with Crippen molar-refractivity contribution in [2.24, 2.45) is 10.7 Å². The first-order valence-electron chi connectivity index (χ1n) is 9.16. The molecular weight excluding hydrogens is 338 g/mol. The lowest BCUT2D eigenvalue weighted by Crippen LogP contribution is -2.27. The smallest absolute Gasteiger partial charge is 0.253 e. The molecule has 2 aliphatic heterocycles. The molecule has 1 saturated heterocycles. The van der Waals surface area contributed by atoms with E-state index in [4.69, 9.17) is 5.73 Å². The molecule has 0 aromatic heterocycles. The van der Waals surface area contributed by atoms with Gasteiger partial charge in [0.25, 0.3) is 5.91 Å². The first-order chi connectivity index (χ1) is 13.1. The first kappa shape index (κ1) is 17.2. The Bertz CT molecular complexity index is 952. The van der Waals surface area contributed by atoms with Gasteiger partial charge in [-0.05, 0) is 48.2 Å². The van der Waals surface area contributed by atoms with Gasteiger partial charge in [0.2, 0.25) is 0 Å². The molecule has 0 spiro atoms. The normalized spacial score (nSPS) is 16.2. The Morgan fingerprint density at radius 2 is 1.74 bits per heavy atom. The highest BCUT2D eigenvalue weighted by molar-refractivity contribution is 5.98. The number of aliphatic imine (C=N–C) groups is 1. The summed E-state index contributed by atoms with van der Waals surface area (Å²) in [5.41, 5.74) is 10.9. The average Bonchev–Trinajstić information content (AvgIpc) is 3.17. The molecule has 0 saturated carbocycles. The molecule has 0 bridgehead atoms. The average molecular weight is 359 g/mol. The van der Waals surface area contributed by atoms with Crippen LogP contribution in [0.3, 0.4) is 0 Å². The topological polar surface area (TPSA) is 75.8 Å². The number of benzene rings is 2. The molecule has 2 aromatic rings. The zero-order valence-electron chi connectivity index (χ0n) is 15.0. The number of nitrogens with two attached hydrogens (primary N) is 1. The van der Waals surface area contributed by atoms with Gasteiger partial charge >= 0.3 is 0 Å². The summed E-state index contributed by atoms with van der Waals surface area (Å²) in [5, 5.41) is 0. The Balaban J connectivity index is 1.63. The fraction of sp³-hybridized carbons (Fsp3) is 0.227. The second kappa shape index (κ2) is 7.19. The summed E-state index contributed by atoms with van der Waals surface area (Å²) >= 11 is 0. The summed E-state index contributed by atoms with van der Waals surface area (Å²) in [4.78, 5) is 30.0. The number of hydrogen-bond acceptors (Lipinski definition) is 4. The zero-order valence-corrected chi connectivity index (χ0v) is 15.0. The highest BCUT2D eigenvalue weighted by Crippen LogP contribution is 2.31. The van der Waals surface area contributed by atoms with Crippen LogP contribution in [0.4, 0.5) is 5.69 Å². The maximum absolute atomic E-state index is 12.5. The van der Waals surface area contributed by atoms with Crippen LogP contribution in [0, 0.1) is 0 Å². The molecule has 5 nitrogen and oxygen atoms in total. The van der Waals surface area contributed by atoms with E-state index < -0.39 is 0 Å². The predicted molar refractivity (Wildman–Crippen MR) is 107 cm³/mol. The Hall–Kier alpha value is -3.21. The van der Waals surface area contributed by atoms with Crippen LogP contribution in [0.25, 0.3) is 17.2 Å². The van der Waals surface area contributed by atoms with Gasteiger partial charge < -0.3 is 10.6 Å². The Labute approximate surface area is 158 Å².